The Morgan fingerprint density at radius 2 is 2.06 bits per heavy atom. The fraction of sp³-hybridized carbons (Fsp3) is 0.391. The van der Waals surface area contributed by atoms with E-state index in [9.17, 15) is 9.59 Å². The van der Waals surface area contributed by atoms with Crippen molar-refractivity contribution in [2.75, 3.05) is 25.0 Å². The molecule has 168 valence electrons. The van der Waals surface area contributed by atoms with Crippen molar-refractivity contribution in [3.05, 3.63) is 65.5 Å². The summed E-state index contributed by atoms with van der Waals surface area (Å²) in [6.45, 7) is 7.98. The number of ether oxygens (including phenoxy) is 1. The number of rotatable bonds is 6. The smallest absolute Gasteiger partial charge is 0.255 e. The Labute approximate surface area is 187 Å². The van der Waals surface area contributed by atoms with Crippen molar-refractivity contribution in [2.45, 2.75) is 40.0 Å². The number of aryl methyl sites for hydroxylation is 3. The minimum Gasteiger partial charge on any atom is -0.365 e. The molecule has 0 spiro atoms. The van der Waals surface area contributed by atoms with Crippen molar-refractivity contribution in [3.63, 3.8) is 0 Å². The van der Waals surface area contributed by atoms with E-state index in [-0.39, 0.29) is 18.4 Å². The lowest BCUT2D eigenvalue weighted by Gasteiger charge is -2.32. The SMILES string of the molecule is CCn1cc(NC(=O)C2CN(C(=O)c3ccccc3Cn3ccnc3C)CCO2)c(C)n1. The molecule has 9 nitrogen and oxygen atoms in total. The molecule has 0 aliphatic carbocycles. The number of morpholine rings is 1. The van der Waals surface area contributed by atoms with Gasteiger partial charge in [-0.05, 0) is 32.4 Å². The first-order chi connectivity index (χ1) is 15.5. The first-order valence-electron chi connectivity index (χ1n) is 10.8. The normalized spacial score (nSPS) is 16.2. The molecule has 32 heavy (non-hydrogen) atoms. The highest BCUT2D eigenvalue weighted by molar-refractivity contribution is 5.98. The number of carbonyl (C=O) groups is 2. The molecule has 0 bridgehead atoms. The van der Waals surface area contributed by atoms with Gasteiger partial charge in [0.05, 0.1) is 24.5 Å². The van der Waals surface area contributed by atoms with Crippen LogP contribution < -0.4 is 5.32 Å². The first-order valence-corrected chi connectivity index (χ1v) is 10.8. The summed E-state index contributed by atoms with van der Waals surface area (Å²) in [6, 6.07) is 7.56. The third-order valence-electron chi connectivity index (χ3n) is 5.69. The van der Waals surface area contributed by atoms with Crippen LogP contribution in [-0.2, 0) is 22.6 Å². The van der Waals surface area contributed by atoms with Crippen molar-refractivity contribution in [3.8, 4) is 0 Å². The Balaban J connectivity index is 1.46. The molecule has 2 aromatic heterocycles. The summed E-state index contributed by atoms with van der Waals surface area (Å²) < 4.78 is 9.45. The number of benzene rings is 1. The molecule has 9 heteroatoms. The standard InChI is InChI=1S/C23H28N6O3/c1-4-29-14-20(16(2)26-29)25-22(30)21-15-28(11-12-32-21)23(31)19-8-6-5-7-18(19)13-27-10-9-24-17(27)3/h5-10,14,21H,4,11-13,15H2,1-3H3,(H,25,30). The second kappa shape index (κ2) is 9.35. The molecule has 1 atom stereocenters. The van der Waals surface area contributed by atoms with E-state index in [1.165, 1.54) is 0 Å². The lowest BCUT2D eigenvalue weighted by atomic mass is 10.1. The number of amides is 2. The molecular weight excluding hydrogens is 408 g/mol. The number of nitrogens with zero attached hydrogens (tertiary/aromatic N) is 5. The molecule has 1 aliphatic heterocycles. The van der Waals surface area contributed by atoms with Gasteiger partial charge < -0.3 is 19.5 Å². The van der Waals surface area contributed by atoms with E-state index in [2.05, 4.69) is 15.4 Å². The Kier molecular flexibility index (Phi) is 6.36. The van der Waals surface area contributed by atoms with Crippen molar-refractivity contribution in [2.24, 2.45) is 0 Å². The van der Waals surface area contributed by atoms with Gasteiger partial charge in [0.2, 0.25) is 0 Å². The Morgan fingerprint density at radius 1 is 1.25 bits per heavy atom. The average Bonchev–Trinajstić information content (AvgIpc) is 3.38. The van der Waals surface area contributed by atoms with Crippen LogP contribution in [0.25, 0.3) is 0 Å². The molecule has 3 heterocycles. The number of carbonyl (C=O) groups excluding carboxylic acids is 2. The maximum absolute atomic E-state index is 13.4. The van der Waals surface area contributed by atoms with E-state index in [4.69, 9.17) is 4.74 Å². The average molecular weight is 437 g/mol. The number of aromatic nitrogens is 4. The third kappa shape index (κ3) is 4.57. The minimum atomic E-state index is -0.736. The topological polar surface area (TPSA) is 94.3 Å². The van der Waals surface area contributed by atoms with Gasteiger partial charge in [-0.3, -0.25) is 14.3 Å². The molecule has 1 aromatic carbocycles. The van der Waals surface area contributed by atoms with Gasteiger partial charge in [0.15, 0.2) is 6.10 Å². The highest BCUT2D eigenvalue weighted by atomic mass is 16.5. The van der Waals surface area contributed by atoms with Gasteiger partial charge in [0.1, 0.15) is 5.82 Å². The predicted molar refractivity (Wildman–Crippen MR) is 119 cm³/mol. The van der Waals surface area contributed by atoms with Crippen molar-refractivity contribution >= 4 is 17.5 Å². The lowest BCUT2D eigenvalue weighted by molar-refractivity contribution is -0.131. The molecule has 0 radical (unpaired) electrons. The van der Waals surface area contributed by atoms with Crippen LogP contribution in [0.5, 0.6) is 0 Å². The largest absolute Gasteiger partial charge is 0.365 e. The number of hydrogen-bond acceptors (Lipinski definition) is 5. The van der Waals surface area contributed by atoms with Crippen molar-refractivity contribution in [1.82, 2.24) is 24.2 Å². The second-order valence-electron chi connectivity index (χ2n) is 7.84. The Hall–Kier alpha value is -3.46. The molecule has 1 fully saturated rings. The highest BCUT2D eigenvalue weighted by Crippen LogP contribution is 2.18. The van der Waals surface area contributed by atoms with E-state index in [1.54, 1.807) is 22.0 Å². The fourth-order valence-electron chi connectivity index (χ4n) is 3.80. The van der Waals surface area contributed by atoms with Crippen LogP contribution in [-0.4, -0.2) is 61.8 Å². The summed E-state index contributed by atoms with van der Waals surface area (Å²) in [4.78, 5) is 32.1. The van der Waals surface area contributed by atoms with E-state index in [0.717, 1.165) is 23.6 Å². The van der Waals surface area contributed by atoms with Crippen LogP contribution in [0.4, 0.5) is 5.69 Å². The van der Waals surface area contributed by atoms with Crippen LogP contribution in [0.1, 0.15) is 34.4 Å². The summed E-state index contributed by atoms with van der Waals surface area (Å²) in [5.41, 5.74) is 2.94. The summed E-state index contributed by atoms with van der Waals surface area (Å²) in [5.74, 6) is 0.509. The number of nitrogens with one attached hydrogen (secondary N) is 1. The summed E-state index contributed by atoms with van der Waals surface area (Å²) in [7, 11) is 0. The van der Waals surface area contributed by atoms with Gasteiger partial charge in [0.25, 0.3) is 11.8 Å². The predicted octanol–water partition coefficient (Wildman–Crippen LogP) is 2.24. The molecule has 1 unspecified atom stereocenters. The molecule has 4 rings (SSSR count). The maximum atomic E-state index is 13.4. The van der Waals surface area contributed by atoms with Gasteiger partial charge in [-0.15, -0.1) is 0 Å². The zero-order chi connectivity index (χ0) is 22.7. The van der Waals surface area contributed by atoms with Crippen molar-refractivity contribution < 1.29 is 14.3 Å². The lowest BCUT2D eigenvalue weighted by Crippen LogP contribution is -2.50. The highest BCUT2D eigenvalue weighted by Gasteiger charge is 2.31. The third-order valence-corrected chi connectivity index (χ3v) is 5.69. The van der Waals surface area contributed by atoms with Crippen molar-refractivity contribution in [1.29, 1.82) is 0 Å². The van der Waals surface area contributed by atoms with Gasteiger partial charge in [-0.2, -0.15) is 5.10 Å². The van der Waals surface area contributed by atoms with E-state index in [1.807, 2.05) is 55.8 Å². The molecule has 3 aromatic rings. The van der Waals surface area contributed by atoms with E-state index >= 15 is 0 Å². The Bertz CT molecular complexity index is 1120. The van der Waals surface area contributed by atoms with E-state index < -0.39 is 6.10 Å². The molecule has 1 saturated heterocycles. The first kappa shape index (κ1) is 21.8. The van der Waals surface area contributed by atoms with Gasteiger partial charge >= 0.3 is 0 Å². The molecule has 1 aliphatic rings. The molecule has 1 N–H and O–H groups in total. The summed E-state index contributed by atoms with van der Waals surface area (Å²) in [6.07, 6.45) is 4.71. The van der Waals surface area contributed by atoms with E-state index in [0.29, 0.717) is 30.9 Å². The zero-order valence-electron chi connectivity index (χ0n) is 18.6. The van der Waals surface area contributed by atoms with Crippen LogP contribution in [0.3, 0.4) is 0 Å². The zero-order valence-corrected chi connectivity index (χ0v) is 18.6. The van der Waals surface area contributed by atoms with Crippen LogP contribution in [0.15, 0.2) is 42.9 Å². The number of hydrogen-bond donors (Lipinski definition) is 1. The fourth-order valence-corrected chi connectivity index (χ4v) is 3.80. The maximum Gasteiger partial charge on any atom is 0.255 e. The minimum absolute atomic E-state index is 0.102. The monoisotopic (exact) mass is 436 g/mol. The van der Waals surface area contributed by atoms with Crippen LogP contribution >= 0.6 is 0 Å². The number of imidazole rings is 1. The molecule has 0 saturated carbocycles. The molecular formula is C23H28N6O3. The summed E-state index contributed by atoms with van der Waals surface area (Å²) >= 11 is 0. The quantitative estimate of drug-likeness (QED) is 0.640. The van der Waals surface area contributed by atoms with Crippen LogP contribution in [0.2, 0.25) is 0 Å². The van der Waals surface area contributed by atoms with Gasteiger partial charge in [-0.1, -0.05) is 18.2 Å². The second-order valence-corrected chi connectivity index (χ2v) is 7.84. The summed E-state index contributed by atoms with van der Waals surface area (Å²) in [5, 5.41) is 7.23. The van der Waals surface area contributed by atoms with Crippen LogP contribution in [0, 0.1) is 13.8 Å². The van der Waals surface area contributed by atoms with Gasteiger partial charge in [-0.25, -0.2) is 4.98 Å². The Morgan fingerprint density at radius 3 is 2.78 bits per heavy atom. The number of anilines is 1. The van der Waals surface area contributed by atoms with Gasteiger partial charge in [0, 0.05) is 43.8 Å². The molecule has 2 amide bonds.